The normalized spacial score (nSPS) is 12.3. The van der Waals surface area contributed by atoms with Gasteiger partial charge in [-0.2, -0.15) is 13.2 Å². The third-order valence-electron chi connectivity index (χ3n) is 1.84. The van der Waals surface area contributed by atoms with E-state index in [4.69, 9.17) is 10.7 Å². The van der Waals surface area contributed by atoms with Crippen LogP contribution < -0.4 is 5.32 Å². The van der Waals surface area contributed by atoms with Gasteiger partial charge in [-0.25, -0.2) is 8.42 Å². The second-order valence-corrected chi connectivity index (χ2v) is 6.81. The molecule has 106 valence electrons. The molecule has 0 aliphatic carbocycles. The van der Waals surface area contributed by atoms with Gasteiger partial charge >= 0.3 is 6.18 Å². The smallest absolute Gasteiger partial charge is 0.326 e. The second-order valence-electron chi connectivity index (χ2n) is 3.42. The van der Waals surface area contributed by atoms with Crippen LogP contribution in [0, 0.1) is 0 Å². The number of amides is 1. The summed E-state index contributed by atoms with van der Waals surface area (Å²) in [5.74, 6) is -1.25. The summed E-state index contributed by atoms with van der Waals surface area (Å²) in [7, 11) is 1.14. The van der Waals surface area contributed by atoms with Crippen LogP contribution in [0.15, 0.2) is 27.6 Å². The Morgan fingerprint density at radius 3 is 2.37 bits per heavy atom. The molecule has 0 fully saturated rings. The summed E-state index contributed by atoms with van der Waals surface area (Å²) in [6.45, 7) is 0. The van der Waals surface area contributed by atoms with E-state index < -0.39 is 27.6 Å². The zero-order chi connectivity index (χ0) is 14.8. The van der Waals surface area contributed by atoms with E-state index in [1.54, 1.807) is 0 Å². The number of benzene rings is 1. The minimum absolute atomic E-state index is 0.0187. The predicted molar refractivity (Wildman–Crippen MR) is 66.5 cm³/mol. The topological polar surface area (TPSA) is 63.2 Å². The van der Waals surface area contributed by atoms with E-state index in [1.807, 2.05) is 5.32 Å². The Kier molecular flexibility index (Phi) is 4.86. The fourth-order valence-electron chi connectivity index (χ4n) is 1.16. The molecule has 19 heavy (non-hydrogen) atoms. The first-order chi connectivity index (χ1) is 8.49. The molecular formula is C9H6BrClF3NO3S. The van der Waals surface area contributed by atoms with Crippen LogP contribution in [0.2, 0.25) is 0 Å². The number of anilines is 1. The molecule has 1 rings (SSSR count). The molecular weight excluding hydrogens is 375 g/mol. The SMILES string of the molecule is O=C(CC(F)(F)F)Nc1ccc(S(=O)(=O)Cl)c(Br)c1. The lowest BCUT2D eigenvalue weighted by Gasteiger charge is -2.09. The lowest BCUT2D eigenvalue weighted by Crippen LogP contribution is -2.21. The number of hydrogen-bond donors (Lipinski definition) is 1. The minimum Gasteiger partial charge on any atom is -0.326 e. The molecule has 0 atom stereocenters. The van der Waals surface area contributed by atoms with Gasteiger partial charge in [-0.3, -0.25) is 4.79 Å². The first-order valence-electron chi connectivity index (χ1n) is 4.60. The van der Waals surface area contributed by atoms with Gasteiger partial charge in [0, 0.05) is 20.8 Å². The van der Waals surface area contributed by atoms with Crippen molar-refractivity contribution in [2.24, 2.45) is 0 Å². The number of carbonyl (C=O) groups is 1. The molecule has 0 aliphatic rings. The summed E-state index contributed by atoms with van der Waals surface area (Å²) in [6, 6.07) is 3.34. The largest absolute Gasteiger partial charge is 0.397 e. The van der Waals surface area contributed by atoms with Crippen molar-refractivity contribution in [3.8, 4) is 0 Å². The van der Waals surface area contributed by atoms with Crippen LogP contribution in [0.4, 0.5) is 18.9 Å². The van der Waals surface area contributed by atoms with Crippen LogP contribution in [-0.4, -0.2) is 20.5 Å². The summed E-state index contributed by atoms with van der Waals surface area (Å²) in [5.41, 5.74) is 0.0187. The monoisotopic (exact) mass is 379 g/mol. The van der Waals surface area contributed by atoms with Gasteiger partial charge in [-0.1, -0.05) is 0 Å². The van der Waals surface area contributed by atoms with Crippen LogP contribution in [0.25, 0.3) is 0 Å². The van der Waals surface area contributed by atoms with Crippen LogP contribution >= 0.6 is 26.6 Å². The lowest BCUT2D eigenvalue weighted by atomic mass is 10.3. The van der Waals surface area contributed by atoms with Crippen molar-refractivity contribution in [3.05, 3.63) is 22.7 Å². The quantitative estimate of drug-likeness (QED) is 0.819. The first kappa shape index (κ1) is 16.3. The maximum atomic E-state index is 11.9. The maximum absolute atomic E-state index is 11.9. The first-order valence-corrected chi connectivity index (χ1v) is 7.70. The molecule has 0 aromatic heterocycles. The van der Waals surface area contributed by atoms with Crippen LogP contribution in [0.1, 0.15) is 6.42 Å². The molecule has 1 amide bonds. The predicted octanol–water partition coefficient (Wildman–Crippen LogP) is 3.27. The van der Waals surface area contributed by atoms with Crippen molar-refractivity contribution in [2.45, 2.75) is 17.5 Å². The average Bonchev–Trinajstić information content (AvgIpc) is 2.11. The van der Waals surface area contributed by atoms with Gasteiger partial charge in [0.15, 0.2) is 0 Å². The molecule has 4 nitrogen and oxygen atoms in total. The Morgan fingerprint density at radius 2 is 1.95 bits per heavy atom. The summed E-state index contributed by atoms with van der Waals surface area (Å²) >= 11 is 2.90. The van der Waals surface area contributed by atoms with E-state index in [0.717, 1.165) is 18.2 Å². The Balaban J connectivity index is 2.89. The molecule has 0 bridgehead atoms. The van der Waals surface area contributed by atoms with Gasteiger partial charge in [0.25, 0.3) is 9.05 Å². The molecule has 0 radical (unpaired) electrons. The van der Waals surface area contributed by atoms with E-state index in [0.29, 0.717) is 0 Å². The summed E-state index contributed by atoms with van der Waals surface area (Å²) in [6.07, 6.45) is -6.24. The van der Waals surface area contributed by atoms with Crippen LogP contribution in [-0.2, 0) is 13.8 Å². The molecule has 0 unspecified atom stereocenters. The van der Waals surface area contributed by atoms with Crippen molar-refractivity contribution in [1.82, 2.24) is 0 Å². The maximum Gasteiger partial charge on any atom is 0.397 e. The zero-order valence-electron chi connectivity index (χ0n) is 8.96. The highest BCUT2D eigenvalue weighted by Gasteiger charge is 2.31. The fourth-order valence-corrected chi connectivity index (χ4v) is 3.39. The second kappa shape index (κ2) is 5.68. The van der Waals surface area contributed by atoms with Gasteiger partial charge in [0.2, 0.25) is 5.91 Å². The molecule has 1 N–H and O–H groups in total. The van der Waals surface area contributed by atoms with E-state index >= 15 is 0 Å². The minimum atomic E-state index is -4.61. The molecule has 1 aromatic carbocycles. The van der Waals surface area contributed by atoms with Gasteiger partial charge in [0.05, 0.1) is 4.90 Å². The van der Waals surface area contributed by atoms with E-state index in [-0.39, 0.29) is 15.1 Å². The average molecular weight is 381 g/mol. The van der Waals surface area contributed by atoms with Gasteiger partial charge in [0.1, 0.15) is 6.42 Å². The van der Waals surface area contributed by atoms with Crippen molar-refractivity contribution in [3.63, 3.8) is 0 Å². The van der Waals surface area contributed by atoms with Crippen molar-refractivity contribution < 1.29 is 26.4 Å². The van der Waals surface area contributed by atoms with E-state index in [9.17, 15) is 26.4 Å². The zero-order valence-corrected chi connectivity index (χ0v) is 12.1. The molecule has 10 heteroatoms. The molecule has 0 saturated heterocycles. The van der Waals surface area contributed by atoms with Crippen LogP contribution in [0.5, 0.6) is 0 Å². The standard InChI is InChI=1S/C9H6BrClF3NO3S/c10-6-3-5(1-2-7(6)19(11,17)18)15-8(16)4-9(12,13)14/h1-3H,4H2,(H,15,16). The molecule has 0 saturated carbocycles. The lowest BCUT2D eigenvalue weighted by molar-refractivity contribution is -0.150. The molecule has 0 heterocycles. The Bertz CT molecular complexity index is 603. The van der Waals surface area contributed by atoms with Crippen molar-refractivity contribution in [2.75, 3.05) is 5.32 Å². The van der Waals surface area contributed by atoms with Crippen molar-refractivity contribution in [1.29, 1.82) is 0 Å². The Morgan fingerprint density at radius 1 is 1.37 bits per heavy atom. The highest BCUT2D eigenvalue weighted by atomic mass is 79.9. The third-order valence-corrected chi connectivity index (χ3v) is 4.14. The van der Waals surface area contributed by atoms with Crippen molar-refractivity contribution >= 4 is 47.3 Å². The number of carbonyl (C=O) groups excluding carboxylic acids is 1. The number of rotatable bonds is 3. The highest BCUT2D eigenvalue weighted by Crippen LogP contribution is 2.28. The van der Waals surface area contributed by atoms with Gasteiger partial charge in [-0.05, 0) is 34.1 Å². The van der Waals surface area contributed by atoms with E-state index in [2.05, 4.69) is 15.9 Å². The summed E-state index contributed by atoms with van der Waals surface area (Å²) in [4.78, 5) is 10.8. The molecule has 0 spiro atoms. The Hall–Kier alpha value is -0.800. The van der Waals surface area contributed by atoms with Gasteiger partial charge < -0.3 is 5.32 Å². The van der Waals surface area contributed by atoms with Crippen LogP contribution in [0.3, 0.4) is 0 Å². The molecule has 0 aliphatic heterocycles. The third kappa shape index (κ3) is 5.37. The van der Waals surface area contributed by atoms with Gasteiger partial charge in [-0.15, -0.1) is 0 Å². The Labute approximate surface area is 119 Å². The summed E-state index contributed by atoms with van der Waals surface area (Å²) < 4.78 is 58.0. The number of nitrogens with one attached hydrogen (secondary N) is 1. The fraction of sp³-hybridized carbons (Fsp3) is 0.222. The molecule has 1 aromatic rings. The summed E-state index contributed by atoms with van der Waals surface area (Å²) in [5, 5.41) is 1.99. The number of alkyl halides is 3. The number of hydrogen-bond acceptors (Lipinski definition) is 3. The van der Waals surface area contributed by atoms with E-state index in [1.165, 1.54) is 0 Å². The highest BCUT2D eigenvalue weighted by molar-refractivity contribution is 9.10. The number of halogens is 5.